The topological polar surface area (TPSA) is 38.8 Å². The van der Waals surface area contributed by atoms with Crippen LogP contribution in [0.3, 0.4) is 0 Å². The summed E-state index contributed by atoms with van der Waals surface area (Å²) in [6, 6.07) is 0. The van der Waals surface area contributed by atoms with Crippen LogP contribution in [0.15, 0.2) is 22.2 Å². The van der Waals surface area contributed by atoms with Crippen LogP contribution >= 0.6 is 0 Å². The molecule has 0 saturated carbocycles. The molecule has 0 amide bonds. The van der Waals surface area contributed by atoms with Gasteiger partial charge in [0.05, 0.1) is 6.20 Å². The molecule has 0 aromatic heterocycles. The number of nitrogens with zero attached hydrogens (tertiary/aromatic N) is 3. The Morgan fingerprint density at radius 2 is 2.25 bits per heavy atom. The summed E-state index contributed by atoms with van der Waals surface area (Å²) in [5, 5.41) is 5.97. The second-order valence-electron chi connectivity index (χ2n) is 1.16. The summed E-state index contributed by atoms with van der Waals surface area (Å²) in [6.45, 7) is 0. The molecule has 5 heteroatoms. The second kappa shape index (κ2) is 1.85. The first-order chi connectivity index (χ1) is 3.80. The van der Waals surface area contributed by atoms with E-state index in [4.69, 9.17) is 0 Å². The summed E-state index contributed by atoms with van der Waals surface area (Å²) >= 11 is 0. The third kappa shape index (κ3) is 0.800. The van der Waals surface area contributed by atoms with Crippen LogP contribution in [0.5, 0.6) is 0 Å². The maximum absolute atomic E-state index is 11.5. The van der Waals surface area contributed by atoms with Gasteiger partial charge in [-0.2, -0.15) is 0 Å². The molecule has 1 aliphatic heterocycles. The monoisotopic (exact) mass is 118 g/mol. The van der Waals surface area contributed by atoms with E-state index in [-0.39, 0.29) is 5.70 Å². The Bertz CT molecular complexity index is 139. The molecule has 1 rings (SSSR count). The predicted molar refractivity (Wildman–Crippen MR) is 21.1 cm³/mol. The molecule has 43 valence electrons. The Kier molecular flexibility index (Phi) is 1.19. The molecule has 1 radical (unpaired) electrons. The number of hydrogen-bond acceptors (Lipinski definition) is 2. The Hall–Kier alpha value is -1.00. The van der Waals surface area contributed by atoms with E-state index in [1.54, 1.807) is 0 Å². The normalized spacial score (nSPS) is 16.6. The van der Waals surface area contributed by atoms with E-state index in [0.717, 1.165) is 6.20 Å². The molecule has 8 heavy (non-hydrogen) atoms. The fraction of sp³-hybridized carbons (Fsp3) is 0.333. The van der Waals surface area contributed by atoms with Gasteiger partial charge in [0, 0.05) is 0 Å². The first kappa shape index (κ1) is 5.14. The van der Waals surface area contributed by atoms with Crippen LogP contribution in [-0.4, -0.2) is 6.43 Å². The lowest BCUT2D eigenvalue weighted by Crippen LogP contribution is -1.90. The molecule has 0 unspecified atom stereocenters. The molecular weight excluding hydrogens is 116 g/mol. The lowest BCUT2D eigenvalue weighted by Gasteiger charge is -1.86. The van der Waals surface area contributed by atoms with E-state index in [1.807, 2.05) is 0 Å². The van der Waals surface area contributed by atoms with E-state index in [1.165, 1.54) is 0 Å². The zero-order valence-corrected chi connectivity index (χ0v) is 3.75. The molecule has 0 aromatic carbocycles. The van der Waals surface area contributed by atoms with Crippen LogP contribution in [0.4, 0.5) is 8.78 Å². The van der Waals surface area contributed by atoms with Crippen LogP contribution < -0.4 is 5.43 Å². The molecule has 0 saturated heterocycles. The zero-order chi connectivity index (χ0) is 5.98. The molecule has 0 N–H and O–H groups in total. The van der Waals surface area contributed by atoms with Crippen LogP contribution in [0.1, 0.15) is 0 Å². The number of halogens is 2. The van der Waals surface area contributed by atoms with E-state index >= 15 is 0 Å². The molecule has 0 spiro atoms. The highest BCUT2D eigenvalue weighted by Crippen LogP contribution is 2.12. The molecule has 1 heterocycles. The second-order valence-corrected chi connectivity index (χ2v) is 1.16. The first-order valence-corrected chi connectivity index (χ1v) is 1.90. The smallest absolute Gasteiger partial charge is 0.203 e. The van der Waals surface area contributed by atoms with Crippen molar-refractivity contribution in [1.29, 1.82) is 0 Å². The molecule has 0 atom stereocenters. The van der Waals surface area contributed by atoms with Gasteiger partial charge in [-0.05, 0) is 5.22 Å². The standard InChI is InChI=1S/C3H2F2N3/c4-3(5)2-1-6-8-7-2/h1,3H. The van der Waals surface area contributed by atoms with E-state index in [2.05, 4.69) is 15.8 Å². The van der Waals surface area contributed by atoms with Gasteiger partial charge in [-0.1, -0.05) is 0 Å². The van der Waals surface area contributed by atoms with Gasteiger partial charge < -0.3 is 0 Å². The Morgan fingerprint density at radius 3 is 2.50 bits per heavy atom. The average molecular weight is 118 g/mol. The van der Waals surface area contributed by atoms with Gasteiger partial charge in [-0.15, -0.1) is 10.5 Å². The predicted octanol–water partition coefficient (Wildman–Crippen LogP) is 1.08. The van der Waals surface area contributed by atoms with Crippen LogP contribution in [-0.2, 0) is 0 Å². The molecule has 3 nitrogen and oxygen atoms in total. The highest BCUT2D eigenvalue weighted by atomic mass is 19.3. The maximum Gasteiger partial charge on any atom is 0.283 e. The largest absolute Gasteiger partial charge is 0.283 e. The van der Waals surface area contributed by atoms with Gasteiger partial charge >= 0.3 is 0 Å². The highest BCUT2D eigenvalue weighted by molar-refractivity contribution is 5.02. The lowest BCUT2D eigenvalue weighted by atomic mass is 10.5. The molecule has 0 aromatic rings. The molecular formula is C3H2F2N3. The van der Waals surface area contributed by atoms with Crippen molar-refractivity contribution in [2.75, 3.05) is 0 Å². The Morgan fingerprint density at radius 1 is 1.50 bits per heavy atom. The average Bonchev–Trinajstić information content (AvgIpc) is 2.12. The zero-order valence-electron chi connectivity index (χ0n) is 3.75. The van der Waals surface area contributed by atoms with Crippen molar-refractivity contribution in [2.45, 2.75) is 6.43 Å². The highest BCUT2D eigenvalue weighted by Gasteiger charge is 2.12. The summed E-state index contributed by atoms with van der Waals surface area (Å²) in [4.78, 5) is 0. The SMILES string of the molecule is FC(F)C1=C[N]N=N1. The van der Waals surface area contributed by atoms with Crippen molar-refractivity contribution in [3.63, 3.8) is 0 Å². The Balaban J connectivity index is 2.58. The summed E-state index contributed by atoms with van der Waals surface area (Å²) in [7, 11) is 0. The van der Waals surface area contributed by atoms with Crippen LogP contribution in [0.25, 0.3) is 0 Å². The lowest BCUT2D eigenvalue weighted by molar-refractivity contribution is 0.188. The van der Waals surface area contributed by atoms with Crippen molar-refractivity contribution in [1.82, 2.24) is 5.43 Å². The van der Waals surface area contributed by atoms with Gasteiger partial charge in [-0.3, -0.25) is 0 Å². The number of rotatable bonds is 1. The summed E-state index contributed by atoms with van der Waals surface area (Å²) in [5.41, 5.74) is 2.73. The van der Waals surface area contributed by atoms with E-state index in [9.17, 15) is 8.78 Å². The van der Waals surface area contributed by atoms with Gasteiger partial charge in [0.2, 0.25) is 0 Å². The van der Waals surface area contributed by atoms with Gasteiger partial charge in [0.15, 0.2) is 5.70 Å². The van der Waals surface area contributed by atoms with Crippen molar-refractivity contribution in [3.8, 4) is 0 Å². The maximum atomic E-state index is 11.5. The summed E-state index contributed by atoms with van der Waals surface area (Å²) < 4.78 is 22.9. The minimum Gasteiger partial charge on any atom is -0.203 e. The number of allylic oxidation sites excluding steroid dienone is 1. The summed E-state index contributed by atoms with van der Waals surface area (Å²) in [6.07, 6.45) is -1.62. The number of alkyl halides is 2. The van der Waals surface area contributed by atoms with Crippen molar-refractivity contribution in [3.05, 3.63) is 11.9 Å². The first-order valence-electron chi connectivity index (χ1n) is 1.90. The molecule has 1 aliphatic rings. The summed E-state index contributed by atoms with van der Waals surface area (Å²) in [5.74, 6) is 0. The fourth-order valence-electron chi connectivity index (χ4n) is 0.288. The van der Waals surface area contributed by atoms with Gasteiger partial charge in [0.1, 0.15) is 0 Å². The number of hydrogen-bond donors (Lipinski definition) is 0. The molecule has 0 aliphatic carbocycles. The van der Waals surface area contributed by atoms with E-state index < -0.39 is 6.43 Å². The van der Waals surface area contributed by atoms with Crippen molar-refractivity contribution < 1.29 is 8.78 Å². The third-order valence-electron chi connectivity index (χ3n) is 0.625. The quantitative estimate of drug-likeness (QED) is 0.494. The van der Waals surface area contributed by atoms with Crippen LogP contribution in [0, 0.1) is 0 Å². The van der Waals surface area contributed by atoms with Crippen molar-refractivity contribution in [2.24, 2.45) is 10.3 Å². The van der Waals surface area contributed by atoms with Crippen molar-refractivity contribution >= 4 is 0 Å². The van der Waals surface area contributed by atoms with E-state index in [0.29, 0.717) is 0 Å². The third-order valence-corrected chi connectivity index (χ3v) is 0.625. The Labute approximate surface area is 44.1 Å². The fourth-order valence-corrected chi connectivity index (χ4v) is 0.288. The van der Waals surface area contributed by atoms with Crippen LogP contribution in [0.2, 0.25) is 0 Å². The van der Waals surface area contributed by atoms with Gasteiger partial charge in [0.25, 0.3) is 6.43 Å². The minimum atomic E-state index is -2.55. The molecule has 0 bridgehead atoms. The minimum absolute atomic E-state index is 0.370. The van der Waals surface area contributed by atoms with Gasteiger partial charge in [-0.25, -0.2) is 8.78 Å². The molecule has 0 fully saturated rings.